The number of thioether (sulfide) groups is 1. The van der Waals surface area contributed by atoms with Gasteiger partial charge in [0.2, 0.25) is 17.0 Å². The number of aromatic nitrogens is 4. The van der Waals surface area contributed by atoms with Gasteiger partial charge >= 0.3 is 0 Å². The molecular formula is C18H19ClN6O2S2. The maximum Gasteiger partial charge on any atom is 0.239 e. The van der Waals surface area contributed by atoms with Gasteiger partial charge in [0, 0.05) is 16.4 Å². The first-order valence-electron chi connectivity index (χ1n) is 8.80. The van der Waals surface area contributed by atoms with Crippen molar-refractivity contribution in [3.8, 4) is 5.69 Å². The number of likely N-dealkylation sites (N-methyl/N-ethyl adjacent to an activating group) is 1. The van der Waals surface area contributed by atoms with Crippen molar-refractivity contribution in [1.82, 2.24) is 30.4 Å². The van der Waals surface area contributed by atoms with E-state index in [1.165, 1.54) is 21.3 Å². The molecule has 29 heavy (non-hydrogen) atoms. The number of carbonyl (C=O) groups is 2. The van der Waals surface area contributed by atoms with E-state index in [2.05, 4.69) is 20.8 Å². The van der Waals surface area contributed by atoms with Crippen LogP contribution in [0.15, 0.2) is 46.9 Å². The second kappa shape index (κ2) is 10.4. The first-order chi connectivity index (χ1) is 14.1. The van der Waals surface area contributed by atoms with Gasteiger partial charge in [0.25, 0.3) is 0 Å². The molecule has 0 aliphatic carbocycles. The molecular weight excluding hydrogens is 432 g/mol. The summed E-state index contributed by atoms with van der Waals surface area (Å²) in [6, 6.07) is 11.0. The Morgan fingerprint density at radius 3 is 2.76 bits per heavy atom. The Kier molecular flexibility index (Phi) is 7.62. The third-order valence-electron chi connectivity index (χ3n) is 3.95. The Morgan fingerprint density at radius 2 is 2.07 bits per heavy atom. The SMILES string of the molecule is CCN(CC(=O)NCc1cccs1)C(=O)CSc1nnnn1-c1ccc(Cl)cc1. The molecule has 0 fully saturated rings. The van der Waals surface area contributed by atoms with Crippen LogP contribution in [0.5, 0.6) is 0 Å². The first kappa shape index (κ1) is 21.3. The van der Waals surface area contributed by atoms with Crippen molar-refractivity contribution in [3.63, 3.8) is 0 Å². The van der Waals surface area contributed by atoms with Crippen molar-refractivity contribution in [3.05, 3.63) is 51.7 Å². The summed E-state index contributed by atoms with van der Waals surface area (Å²) < 4.78 is 1.54. The zero-order chi connectivity index (χ0) is 20.6. The first-order valence-corrected chi connectivity index (χ1v) is 11.0. The number of thiophene rings is 1. The fourth-order valence-corrected chi connectivity index (χ4v) is 4.00. The molecule has 0 unspecified atom stereocenters. The number of nitrogens with zero attached hydrogens (tertiary/aromatic N) is 5. The molecule has 0 bridgehead atoms. The van der Waals surface area contributed by atoms with Gasteiger partial charge in [-0.15, -0.1) is 16.4 Å². The van der Waals surface area contributed by atoms with E-state index in [9.17, 15) is 9.59 Å². The molecule has 0 aliphatic heterocycles. The largest absolute Gasteiger partial charge is 0.350 e. The highest BCUT2D eigenvalue weighted by molar-refractivity contribution is 7.99. The lowest BCUT2D eigenvalue weighted by Gasteiger charge is -2.20. The van der Waals surface area contributed by atoms with E-state index < -0.39 is 0 Å². The molecule has 2 amide bonds. The molecule has 0 saturated heterocycles. The predicted molar refractivity (Wildman–Crippen MR) is 113 cm³/mol. The highest BCUT2D eigenvalue weighted by atomic mass is 35.5. The lowest BCUT2D eigenvalue weighted by molar-refractivity contribution is -0.133. The normalized spacial score (nSPS) is 10.7. The summed E-state index contributed by atoms with van der Waals surface area (Å²) >= 11 is 8.70. The number of nitrogens with one attached hydrogen (secondary N) is 1. The van der Waals surface area contributed by atoms with Gasteiger partial charge in [-0.1, -0.05) is 29.4 Å². The van der Waals surface area contributed by atoms with Crippen molar-refractivity contribution in [2.75, 3.05) is 18.8 Å². The van der Waals surface area contributed by atoms with Gasteiger partial charge in [-0.05, 0) is 53.1 Å². The second-order valence-electron chi connectivity index (χ2n) is 5.90. The highest BCUT2D eigenvalue weighted by Gasteiger charge is 2.18. The van der Waals surface area contributed by atoms with Gasteiger partial charge in [-0.25, -0.2) is 0 Å². The van der Waals surface area contributed by atoms with E-state index in [-0.39, 0.29) is 24.1 Å². The van der Waals surface area contributed by atoms with Crippen molar-refractivity contribution >= 4 is 46.5 Å². The minimum atomic E-state index is -0.190. The number of carbonyl (C=O) groups excluding carboxylic acids is 2. The van der Waals surface area contributed by atoms with E-state index in [0.29, 0.717) is 23.3 Å². The topological polar surface area (TPSA) is 93.0 Å². The predicted octanol–water partition coefficient (Wildman–Crippen LogP) is 2.63. The maximum atomic E-state index is 12.6. The molecule has 1 aromatic carbocycles. The van der Waals surface area contributed by atoms with Gasteiger partial charge in [-0.3, -0.25) is 9.59 Å². The van der Waals surface area contributed by atoms with Gasteiger partial charge in [0.15, 0.2) is 0 Å². The molecule has 1 N–H and O–H groups in total. The summed E-state index contributed by atoms with van der Waals surface area (Å²) in [5.74, 6) is -0.223. The standard InChI is InChI=1S/C18H19ClN6O2S2/c1-2-24(11-16(26)20-10-15-4-3-9-28-15)17(27)12-29-18-21-22-23-25(18)14-7-5-13(19)6-8-14/h3-9H,2,10-12H2,1H3,(H,20,26). The number of rotatable bonds is 9. The lowest BCUT2D eigenvalue weighted by atomic mass is 10.3. The minimum Gasteiger partial charge on any atom is -0.350 e. The highest BCUT2D eigenvalue weighted by Crippen LogP contribution is 2.20. The lowest BCUT2D eigenvalue weighted by Crippen LogP contribution is -2.41. The van der Waals surface area contributed by atoms with Crippen LogP contribution in [0, 0.1) is 0 Å². The summed E-state index contributed by atoms with van der Waals surface area (Å²) in [7, 11) is 0. The van der Waals surface area contributed by atoms with Crippen LogP contribution in [-0.4, -0.2) is 55.8 Å². The van der Waals surface area contributed by atoms with Crippen LogP contribution >= 0.6 is 34.7 Å². The van der Waals surface area contributed by atoms with Crippen LogP contribution in [0.2, 0.25) is 5.02 Å². The number of benzene rings is 1. The third kappa shape index (κ3) is 6.02. The van der Waals surface area contributed by atoms with E-state index in [1.807, 2.05) is 24.4 Å². The van der Waals surface area contributed by atoms with E-state index in [4.69, 9.17) is 11.6 Å². The van der Waals surface area contributed by atoms with Gasteiger partial charge in [0.05, 0.1) is 24.5 Å². The van der Waals surface area contributed by atoms with Gasteiger partial charge in [0.1, 0.15) is 0 Å². The zero-order valence-corrected chi connectivity index (χ0v) is 18.0. The number of amides is 2. The second-order valence-corrected chi connectivity index (χ2v) is 8.31. The van der Waals surface area contributed by atoms with Crippen molar-refractivity contribution < 1.29 is 9.59 Å². The smallest absolute Gasteiger partial charge is 0.239 e. The third-order valence-corrected chi connectivity index (χ3v) is 5.98. The zero-order valence-electron chi connectivity index (χ0n) is 15.6. The molecule has 2 heterocycles. The summed E-state index contributed by atoms with van der Waals surface area (Å²) in [4.78, 5) is 27.3. The molecule has 3 rings (SSSR count). The summed E-state index contributed by atoms with van der Waals surface area (Å²) in [6.07, 6.45) is 0. The fourth-order valence-electron chi connectivity index (χ4n) is 2.44. The number of hydrogen-bond donors (Lipinski definition) is 1. The van der Waals surface area contributed by atoms with Crippen LogP contribution in [0.25, 0.3) is 5.69 Å². The minimum absolute atomic E-state index is 0.0173. The number of hydrogen-bond acceptors (Lipinski definition) is 7. The van der Waals surface area contributed by atoms with E-state index in [1.54, 1.807) is 35.6 Å². The molecule has 3 aromatic rings. The average Bonchev–Trinajstić information content (AvgIpc) is 3.41. The number of halogens is 1. The van der Waals surface area contributed by atoms with Crippen molar-refractivity contribution in [2.24, 2.45) is 0 Å². The van der Waals surface area contributed by atoms with E-state index in [0.717, 1.165) is 10.6 Å². The monoisotopic (exact) mass is 450 g/mol. The van der Waals surface area contributed by atoms with Crippen LogP contribution < -0.4 is 5.32 Å². The Bertz CT molecular complexity index is 946. The van der Waals surface area contributed by atoms with Gasteiger partial charge < -0.3 is 10.2 Å². The van der Waals surface area contributed by atoms with Gasteiger partial charge in [-0.2, -0.15) is 4.68 Å². The van der Waals surface area contributed by atoms with Crippen LogP contribution in [0.3, 0.4) is 0 Å². The van der Waals surface area contributed by atoms with E-state index >= 15 is 0 Å². The summed E-state index contributed by atoms with van der Waals surface area (Å²) in [6.45, 7) is 2.76. The molecule has 0 aliphatic rings. The Balaban J connectivity index is 1.53. The Labute approximate surface area is 181 Å². The van der Waals surface area contributed by atoms with Crippen molar-refractivity contribution in [1.29, 1.82) is 0 Å². The molecule has 0 spiro atoms. The molecule has 11 heteroatoms. The van der Waals surface area contributed by atoms with Crippen LogP contribution in [0.4, 0.5) is 0 Å². The molecule has 8 nitrogen and oxygen atoms in total. The van der Waals surface area contributed by atoms with Crippen LogP contribution in [0.1, 0.15) is 11.8 Å². The Morgan fingerprint density at radius 1 is 1.28 bits per heavy atom. The summed E-state index contributed by atoms with van der Waals surface area (Å²) in [5, 5.41) is 17.5. The summed E-state index contributed by atoms with van der Waals surface area (Å²) in [5.41, 5.74) is 0.745. The van der Waals surface area contributed by atoms with Crippen molar-refractivity contribution in [2.45, 2.75) is 18.6 Å². The molecule has 0 saturated carbocycles. The molecule has 2 aromatic heterocycles. The quantitative estimate of drug-likeness (QED) is 0.504. The maximum absolute atomic E-state index is 12.6. The Hall–Kier alpha value is -2.43. The molecule has 0 radical (unpaired) electrons. The molecule has 0 atom stereocenters. The number of tetrazole rings is 1. The fraction of sp³-hybridized carbons (Fsp3) is 0.278. The van der Waals surface area contributed by atoms with Crippen LogP contribution in [-0.2, 0) is 16.1 Å². The average molecular weight is 451 g/mol. The molecule has 152 valence electrons.